The first-order valence-corrected chi connectivity index (χ1v) is 8.12. The van der Waals surface area contributed by atoms with Gasteiger partial charge in [0.1, 0.15) is 0 Å². The maximum absolute atomic E-state index is 6.13. The van der Waals surface area contributed by atoms with E-state index in [1.807, 2.05) is 28.9 Å². The Hall–Kier alpha value is -1.36. The minimum Gasteiger partial charge on any atom is -0.326 e. The van der Waals surface area contributed by atoms with Crippen molar-refractivity contribution >= 4 is 11.6 Å². The number of rotatable bonds is 3. The summed E-state index contributed by atoms with van der Waals surface area (Å²) in [5.41, 5.74) is 10.8. The van der Waals surface area contributed by atoms with E-state index in [-0.39, 0.29) is 6.04 Å². The number of halogens is 1. The van der Waals surface area contributed by atoms with Crippen LogP contribution in [0.15, 0.2) is 24.3 Å². The SMILES string of the molecule is Cc1nn(-c2ccc(Cl)cc2)c(C)c1CN1CC(C)C(N)C1. The number of likely N-dealkylation sites (tertiary alicyclic amines) is 1. The van der Waals surface area contributed by atoms with Crippen molar-refractivity contribution in [3.63, 3.8) is 0 Å². The van der Waals surface area contributed by atoms with E-state index < -0.39 is 0 Å². The highest BCUT2D eigenvalue weighted by Gasteiger charge is 2.27. The van der Waals surface area contributed by atoms with Crippen molar-refractivity contribution in [1.82, 2.24) is 14.7 Å². The van der Waals surface area contributed by atoms with Gasteiger partial charge in [-0.1, -0.05) is 18.5 Å². The number of benzene rings is 1. The third kappa shape index (κ3) is 2.91. The molecule has 0 spiro atoms. The highest BCUT2D eigenvalue weighted by Crippen LogP contribution is 2.23. The topological polar surface area (TPSA) is 47.1 Å². The zero-order valence-electron chi connectivity index (χ0n) is 13.4. The van der Waals surface area contributed by atoms with Crippen LogP contribution >= 0.6 is 11.6 Å². The van der Waals surface area contributed by atoms with Gasteiger partial charge in [-0.05, 0) is 44.0 Å². The first-order chi connectivity index (χ1) is 10.5. The predicted molar refractivity (Wildman–Crippen MR) is 90.5 cm³/mol. The van der Waals surface area contributed by atoms with Crippen LogP contribution in [-0.4, -0.2) is 33.8 Å². The number of hydrogen-bond acceptors (Lipinski definition) is 3. The molecule has 2 N–H and O–H groups in total. The third-order valence-electron chi connectivity index (χ3n) is 4.64. The lowest BCUT2D eigenvalue weighted by Gasteiger charge is -2.15. The molecule has 2 unspecified atom stereocenters. The molecule has 1 aliphatic heterocycles. The summed E-state index contributed by atoms with van der Waals surface area (Å²) in [6, 6.07) is 8.08. The van der Waals surface area contributed by atoms with Crippen molar-refractivity contribution in [1.29, 1.82) is 0 Å². The number of aryl methyl sites for hydroxylation is 1. The normalized spacial score (nSPS) is 22.4. The zero-order chi connectivity index (χ0) is 15.9. The molecule has 1 fully saturated rings. The first-order valence-electron chi connectivity index (χ1n) is 7.74. The monoisotopic (exact) mass is 318 g/mol. The van der Waals surface area contributed by atoms with Gasteiger partial charge in [0.25, 0.3) is 0 Å². The molecule has 0 radical (unpaired) electrons. The van der Waals surface area contributed by atoms with Crippen LogP contribution in [0.4, 0.5) is 0 Å². The summed E-state index contributed by atoms with van der Waals surface area (Å²) in [5.74, 6) is 0.562. The van der Waals surface area contributed by atoms with Gasteiger partial charge < -0.3 is 5.73 Å². The molecule has 22 heavy (non-hydrogen) atoms. The highest BCUT2D eigenvalue weighted by molar-refractivity contribution is 6.30. The Morgan fingerprint density at radius 2 is 1.91 bits per heavy atom. The second kappa shape index (κ2) is 6.03. The summed E-state index contributed by atoms with van der Waals surface area (Å²) in [5, 5.41) is 5.45. The van der Waals surface area contributed by atoms with E-state index in [0.29, 0.717) is 5.92 Å². The summed E-state index contributed by atoms with van der Waals surface area (Å²) in [6.45, 7) is 9.38. The maximum Gasteiger partial charge on any atom is 0.0649 e. The molecule has 118 valence electrons. The van der Waals surface area contributed by atoms with Crippen LogP contribution in [0, 0.1) is 19.8 Å². The lowest BCUT2D eigenvalue weighted by molar-refractivity contribution is 0.317. The third-order valence-corrected chi connectivity index (χ3v) is 4.89. The van der Waals surface area contributed by atoms with Crippen LogP contribution in [-0.2, 0) is 6.54 Å². The summed E-state index contributed by atoms with van der Waals surface area (Å²) < 4.78 is 2.00. The summed E-state index contributed by atoms with van der Waals surface area (Å²) >= 11 is 5.97. The molecule has 5 heteroatoms. The molecule has 1 saturated heterocycles. The fourth-order valence-electron chi connectivity index (χ4n) is 3.19. The van der Waals surface area contributed by atoms with Crippen LogP contribution in [0.3, 0.4) is 0 Å². The molecule has 3 rings (SSSR count). The van der Waals surface area contributed by atoms with E-state index in [1.165, 1.54) is 11.3 Å². The van der Waals surface area contributed by atoms with E-state index in [4.69, 9.17) is 22.4 Å². The zero-order valence-corrected chi connectivity index (χ0v) is 14.1. The smallest absolute Gasteiger partial charge is 0.0649 e. The van der Waals surface area contributed by atoms with E-state index in [9.17, 15) is 0 Å². The minimum atomic E-state index is 0.284. The lowest BCUT2D eigenvalue weighted by atomic mass is 10.1. The van der Waals surface area contributed by atoms with Crippen molar-refractivity contribution in [2.45, 2.75) is 33.4 Å². The number of nitrogens with two attached hydrogens (primary N) is 1. The van der Waals surface area contributed by atoms with Gasteiger partial charge in [0.05, 0.1) is 11.4 Å². The molecule has 0 bridgehead atoms. The fourth-order valence-corrected chi connectivity index (χ4v) is 3.31. The number of hydrogen-bond donors (Lipinski definition) is 1. The summed E-state index contributed by atoms with van der Waals surface area (Å²) in [6.07, 6.45) is 0. The van der Waals surface area contributed by atoms with Crippen molar-refractivity contribution in [2.75, 3.05) is 13.1 Å². The van der Waals surface area contributed by atoms with Crippen molar-refractivity contribution < 1.29 is 0 Å². The van der Waals surface area contributed by atoms with Gasteiger partial charge in [0.15, 0.2) is 0 Å². The second-order valence-electron chi connectivity index (χ2n) is 6.37. The van der Waals surface area contributed by atoms with Crippen molar-refractivity contribution in [3.05, 3.63) is 46.2 Å². The average Bonchev–Trinajstić information content (AvgIpc) is 2.94. The Labute approximate surface area is 136 Å². The molecule has 2 aromatic rings. The van der Waals surface area contributed by atoms with Crippen LogP contribution in [0.2, 0.25) is 5.02 Å². The minimum absolute atomic E-state index is 0.284. The second-order valence-corrected chi connectivity index (χ2v) is 6.81. The Bertz CT molecular complexity index is 652. The molecule has 1 aliphatic rings. The molecule has 0 amide bonds. The van der Waals surface area contributed by atoms with Gasteiger partial charge >= 0.3 is 0 Å². The highest BCUT2D eigenvalue weighted by atomic mass is 35.5. The van der Waals surface area contributed by atoms with E-state index in [2.05, 4.69) is 25.7 Å². The predicted octanol–water partition coefficient (Wildman–Crippen LogP) is 2.92. The van der Waals surface area contributed by atoms with Crippen LogP contribution in [0.5, 0.6) is 0 Å². The standard InChI is InChI=1S/C17H23ClN4/c1-11-8-21(10-17(11)19)9-16-12(2)20-22(13(16)3)15-6-4-14(18)5-7-15/h4-7,11,17H,8-10,19H2,1-3H3. The number of nitrogens with zero attached hydrogens (tertiary/aromatic N) is 3. The van der Waals surface area contributed by atoms with Gasteiger partial charge in [-0.2, -0.15) is 5.10 Å². The molecule has 0 saturated carbocycles. The molecule has 1 aromatic carbocycles. The molecule has 0 aliphatic carbocycles. The number of aromatic nitrogens is 2. The largest absolute Gasteiger partial charge is 0.326 e. The van der Waals surface area contributed by atoms with Crippen LogP contribution in [0.1, 0.15) is 23.9 Å². The van der Waals surface area contributed by atoms with Gasteiger partial charge in [-0.15, -0.1) is 0 Å². The van der Waals surface area contributed by atoms with Gasteiger partial charge in [-0.25, -0.2) is 4.68 Å². The van der Waals surface area contributed by atoms with E-state index in [0.717, 1.165) is 36.0 Å². The maximum atomic E-state index is 6.13. The summed E-state index contributed by atoms with van der Waals surface area (Å²) in [7, 11) is 0. The summed E-state index contributed by atoms with van der Waals surface area (Å²) in [4.78, 5) is 2.43. The van der Waals surface area contributed by atoms with Gasteiger partial charge in [0.2, 0.25) is 0 Å². The van der Waals surface area contributed by atoms with Gasteiger partial charge in [-0.3, -0.25) is 4.90 Å². The van der Waals surface area contributed by atoms with Crippen LogP contribution in [0.25, 0.3) is 5.69 Å². The van der Waals surface area contributed by atoms with Crippen molar-refractivity contribution in [2.24, 2.45) is 11.7 Å². The van der Waals surface area contributed by atoms with E-state index >= 15 is 0 Å². The lowest BCUT2D eigenvalue weighted by Crippen LogP contribution is -2.28. The quantitative estimate of drug-likeness (QED) is 0.946. The van der Waals surface area contributed by atoms with E-state index in [1.54, 1.807) is 0 Å². The Balaban J connectivity index is 1.86. The Morgan fingerprint density at radius 1 is 1.23 bits per heavy atom. The molecular formula is C17H23ClN4. The molecule has 2 heterocycles. The van der Waals surface area contributed by atoms with Crippen molar-refractivity contribution in [3.8, 4) is 5.69 Å². The fraction of sp³-hybridized carbons (Fsp3) is 0.471. The Morgan fingerprint density at radius 3 is 2.50 bits per heavy atom. The Kier molecular flexibility index (Phi) is 4.26. The van der Waals surface area contributed by atoms with Crippen LogP contribution < -0.4 is 5.73 Å². The average molecular weight is 319 g/mol. The molecule has 1 aromatic heterocycles. The molecular weight excluding hydrogens is 296 g/mol. The van der Waals surface area contributed by atoms with Gasteiger partial charge in [0, 0.05) is 42.0 Å². The first kappa shape index (κ1) is 15.5. The molecule has 2 atom stereocenters. The molecule has 4 nitrogen and oxygen atoms in total.